The van der Waals surface area contributed by atoms with Crippen LogP contribution in [0.25, 0.3) is 0 Å². The Labute approximate surface area is 307 Å². The van der Waals surface area contributed by atoms with E-state index in [0.29, 0.717) is 5.56 Å². The summed E-state index contributed by atoms with van der Waals surface area (Å²) in [6.45, 7) is 14.2. The van der Waals surface area contributed by atoms with Crippen molar-refractivity contribution in [1.29, 1.82) is 0 Å². The molecule has 3 saturated heterocycles. The Kier molecular flexibility index (Phi) is 8.74. The first kappa shape index (κ1) is 37.2. The van der Waals surface area contributed by atoms with Gasteiger partial charge in [-0.2, -0.15) is 0 Å². The predicted molar refractivity (Wildman–Crippen MR) is 183 cm³/mol. The lowest BCUT2D eigenvalue weighted by Crippen LogP contribution is -2.86. The number of aliphatic hydroxyl groups is 2. The van der Waals surface area contributed by atoms with Crippen molar-refractivity contribution in [2.45, 2.75) is 114 Å². The van der Waals surface area contributed by atoms with Crippen LogP contribution in [0.5, 0.6) is 0 Å². The second-order valence-corrected chi connectivity index (χ2v) is 15.5. The Morgan fingerprint density at radius 3 is 1.91 bits per heavy atom. The van der Waals surface area contributed by atoms with Crippen molar-refractivity contribution in [3.63, 3.8) is 0 Å². The van der Waals surface area contributed by atoms with E-state index in [1.807, 2.05) is 0 Å². The summed E-state index contributed by atoms with van der Waals surface area (Å²) in [5, 5.41) is 26.6. The molecule has 14 unspecified atom stereocenters. The average Bonchev–Trinajstić information content (AvgIpc) is 3.34. The Morgan fingerprint density at radius 2 is 1.34 bits per heavy atom. The van der Waals surface area contributed by atoms with Gasteiger partial charge in [0.1, 0.15) is 29.5 Å². The fourth-order valence-electron chi connectivity index (χ4n) is 10.4. The van der Waals surface area contributed by atoms with Crippen LogP contribution < -0.4 is 0 Å². The van der Waals surface area contributed by atoms with Gasteiger partial charge in [0.15, 0.2) is 17.8 Å². The van der Waals surface area contributed by atoms with Gasteiger partial charge in [-0.1, -0.05) is 69.0 Å². The minimum atomic E-state index is -2.37. The third-order valence-electron chi connectivity index (χ3n) is 12.3. The third kappa shape index (κ3) is 5.07. The number of carbonyl (C=O) groups is 4. The number of esters is 4. The minimum Gasteiger partial charge on any atom is -0.459 e. The minimum absolute atomic E-state index is 0.108. The van der Waals surface area contributed by atoms with Gasteiger partial charge in [0.05, 0.1) is 17.1 Å². The van der Waals surface area contributed by atoms with E-state index in [2.05, 4.69) is 6.58 Å². The molecule has 0 aromatic heterocycles. The fraction of sp³-hybridized carbons (Fsp3) is 0.550. The van der Waals surface area contributed by atoms with Crippen molar-refractivity contribution in [3.8, 4) is 0 Å². The van der Waals surface area contributed by atoms with Crippen LogP contribution >= 0.6 is 0 Å². The summed E-state index contributed by atoms with van der Waals surface area (Å²) in [4.78, 5) is 53.5. The van der Waals surface area contributed by atoms with Crippen molar-refractivity contribution >= 4 is 23.9 Å². The van der Waals surface area contributed by atoms with E-state index in [-0.39, 0.29) is 17.6 Å². The molecule has 13 nitrogen and oxygen atoms in total. The zero-order valence-electron chi connectivity index (χ0n) is 30.8. The lowest BCUT2D eigenvalue weighted by atomic mass is 9.51. The molecule has 0 radical (unpaired) electrons. The maximum absolute atomic E-state index is 14.2. The largest absolute Gasteiger partial charge is 0.459 e. The third-order valence-corrected chi connectivity index (χ3v) is 12.3. The molecule has 14 atom stereocenters. The second-order valence-electron chi connectivity index (χ2n) is 15.5. The lowest BCUT2D eigenvalue weighted by molar-refractivity contribution is -0.586. The highest BCUT2D eigenvalue weighted by Crippen LogP contribution is 2.72. The van der Waals surface area contributed by atoms with Crippen LogP contribution in [0, 0.1) is 23.7 Å². The summed E-state index contributed by atoms with van der Waals surface area (Å²) < 4.78 is 45.3. The van der Waals surface area contributed by atoms with Crippen molar-refractivity contribution in [1.82, 2.24) is 0 Å². The molecule has 13 heteroatoms. The molecule has 3 aliphatic carbocycles. The maximum atomic E-state index is 14.2. The van der Waals surface area contributed by atoms with Crippen LogP contribution in [-0.2, 0) is 53.5 Å². The molecule has 284 valence electrons. The standard InChI is InChI=1S/C40H46O13/c1-20(2)37(45)31-22(4)39-28-19-21(3)30(47-23(5)41)38(28,46)35(49-25(7)43)36(8,52-34(44)26-15-11-9-12-16-26)32(48-24(6)42)29(39)33(37)51-40(50-31,53-39)27-17-13-10-14-18-27/h9-18,21-22,28-33,35,45-46H,1,19H2,2-8H3. The highest BCUT2D eigenvalue weighted by molar-refractivity contribution is 5.89. The van der Waals surface area contributed by atoms with E-state index in [1.54, 1.807) is 69.3 Å². The number of hydrogen-bond acceptors (Lipinski definition) is 13. The molecule has 0 amide bonds. The van der Waals surface area contributed by atoms with Crippen LogP contribution in [-0.4, -0.2) is 87.0 Å². The van der Waals surface area contributed by atoms with Gasteiger partial charge in [-0.3, -0.25) is 14.4 Å². The number of hydrogen-bond donors (Lipinski definition) is 2. The van der Waals surface area contributed by atoms with Gasteiger partial charge in [-0.25, -0.2) is 4.79 Å². The Bertz CT molecular complexity index is 1830. The zero-order chi connectivity index (χ0) is 38.5. The summed E-state index contributed by atoms with van der Waals surface area (Å²) in [5.74, 6) is -9.03. The SMILES string of the molecule is C=C(C)C1(O)C2OC3(c4ccccc4)OC1C1C(OC(C)=O)C(C)(OC(=O)c4ccccc4)C(OC(C)=O)C4(O)C(OC(C)=O)C(C)CC4C1(O3)C2C. The number of rotatable bonds is 7. The summed E-state index contributed by atoms with van der Waals surface area (Å²) in [6.07, 6.45) is -7.11. The number of benzene rings is 2. The van der Waals surface area contributed by atoms with Gasteiger partial charge in [-0.15, -0.1) is 0 Å². The Hall–Kier alpha value is -4.14. The van der Waals surface area contributed by atoms with Gasteiger partial charge in [-0.05, 0) is 43.9 Å². The maximum Gasteiger partial charge on any atom is 0.338 e. The Morgan fingerprint density at radius 1 is 0.792 bits per heavy atom. The van der Waals surface area contributed by atoms with Crippen molar-refractivity contribution < 1.29 is 62.5 Å². The highest BCUT2D eigenvalue weighted by Gasteiger charge is 2.87. The zero-order valence-corrected chi connectivity index (χ0v) is 30.8. The van der Waals surface area contributed by atoms with E-state index in [4.69, 9.17) is 33.2 Å². The molecule has 6 fully saturated rings. The van der Waals surface area contributed by atoms with E-state index in [1.165, 1.54) is 26.0 Å². The number of carbonyl (C=O) groups excluding carboxylic acids is 4. The van der Waals surface area contributed by atoms with Crippen LogP contribution in [0.2, 0.25) is 0 Å². The molecular formula is C40H46O13. The molecular weight excluding hydrogens is 688 g/mol. The molecule has 6 aliphatic rings. The molecule has 8 rings (SSSR count). The van der Waals surface area contributed by atoms with E-state index < -0.39 is 106 Å². The van der Waals surface area contributed by atoms with Crippen LogP contribution in [0.4, 0.5) is 0 Å². The molecule has 1 spiro atoms. The lowest BCUT2D eigenvalue weighted by Gasteiger charge is -2.73. The summed E-state index contributed by atoms with van der Waals surface area (Å²) >= 11 is 0. The smallest absolute Gasteiger partial charge is 0.338 e. The topological polar surface area (TPSA) is 173 Å². The van der Waals surface area contributed by atoms with Gasteiger partial charge in [0, 0.05) is 38.2 Å². The van der Waals surface area contributed by atoms with Gasteiger partial charge in [0.25, 0.3) is 0 Å². The van der Waals surface area contributed by atoms with E-state index >= 15 is 0 Å². The van der Waals surface area contributed by atoms with Crippen molar-refractivity contribution in [2.24, 2.45) is 23.7 Å². The molecule has 3 aliphatic heterocycles. The van der Waals surface area contributed by atoms with Gasteiger partial charge >= 0.3 is 29.9 Å². The van der Waals surface area contributed by atoms with Crippen molar-refractivity contribution in [2.75, 3.05) is 0 Å². The first-order valence-electron chi connectivity index (χ1n) is 17.9. The van der Waals surface area contributed by atoms with Crippen LogP contribution in [0.15, 0.2) is 72.8 Å². The summed E-state index contributed by atoms with van der Waals surface area (Å²) in [7, 11) is 0. The monoisotopic (exact) mass is 734 g/mol. The van der Waals surface area contributed by atoms with Crippen molar-refractivity contribution in [3.05, 3.63) is 83.9 Å². The second kappa shape index (κ2) is 12.5. The molecule has 3 heterocycles. The number of ether oxygens (including phenoxy) is 7. The Balaban J connectivity index is 1.58. The first-order valence-corrected chi connectivity index (χ1v) is 17.9. The number of fused-ring (bicyclic) bond motifs is 1. The van der Waals surface area contributed by atoms with E-state index in [0.717, 1.165) is 13.8 Å². The molecule has 3 saturated carbocycles. The fourth-order valence-corrected chi connectivity index (χ4v) is 10.4. The molecule has 2 aromatic rings. The normalized spacial score (nSPS) is 43.5. The predicted octanol–water partition coefficient (Wildman–Crippen LogP) is 3.73. The highest BCUT2D eigenvalue weighted by atomic mass is 16.9. The van der Waals surface area contributed by atoms with E-state index in [9.17, 15) is 29.4 Å². The molecule has 53 heavy (non-hydrogen) atoms. The van der Waals surface area contributed by atoms with Crippen LogP contribution in [0.1, 0.15) is 70.8 Å². The van der Waals surface area contributed by atoms with Gasteiger partial charge in [0.2, 0.25) is 0 Å². The summed E-state index contributed by atoms with van der Waals surface area (Å²) in [5.41, 5.74) is -7.42. The van der Waals surface area contributed by atoms with Crippen LogP contribution in [0.3, 0.4) is 0 Å². The summed E-state index contributed by atoms with van der Waals surface area (Å²) in [6, 6.07) is 16.8. The quantitative estimate of drug-likeness (QED) is 0.240. The molecule has 2 aromatic carbocycles. The molecule has 2 N–H and O–H groups in total. The first-order chi connectivity index (χ1) is 24.9. The average molecular weight is 735 g/mol. The molecule has 4 bridgehead atoms. The van der Waals surface area contributed by atoms with Gasteiger partial charge < -0.3 is 43.4 Å².